The predicted octanol–water partition coefficient (Wildman–Crippen LogP) is 3.69. The number of hydrogen-bond donors (Lipinski definition) is 2. The molecule has 4 heteroatoms. The largest absolute Gasteiger partial charge is 0.392 e. The van der Waals surface area contributed by atoms with Gasteiger partial charge in [0.1, 0.15) is 0 Å². The average molecular weight is 290 g/mol. The third kappa shape index (κ3) is 3.61. The van der Waals surface area contributed by atoms with E-state index in [0.29, 0.717) is 22.5 Å². The molecule has 3 unspecified atom stereocenters. The van der Waals surface area contributed by atoms with Gasteiger partial charge in [0, 0.05) is 12.5 Å². The molecule has 1 rings (SSSR count). The van der Waals surface area contributed by atoms with Crippen LogP contribution in [-0.4, -0.2) is 17.8 Å². The Kier molecular flexibility index (Phi) is 5.93. The molecule has 0 saturated carbocycles. The fraction of sp³-hybridized carbons (Fsp3) is 0.571. The maximum atomic E-state index is 10.4. The van der Waals surface area contributed by atoms with Gasteiger partial charge in [-0.15, -0.1) is 0 Å². The van der Waals surface area contributed by atoms with Crippen LogP contribution in [0.5, 0.6) is 0 Å². The van der Waals surface area contributed by atoms with Crippen LogP contribution in [0.2, 0.25) is 10.0 Å². The Morgan fingerprint density at radius 2 is 1.78 bits per heavy atom. The normalized spacial score (nSPS) is 16.7. The van der Waals surface area contributed by atoms with E-state index < -0.39 is 6.10 Å². The van der Waals surface area contributed by atoms with Crippen LogP contribution in [0.4, 0.5) is 0 Å². The van der Waals surface area contributed by atoms with E-state index >= 15 is 0 Å². The highest BCUT2D eigenvalue weighted by molar-refractivity contribution is 6.42. The fourth-order valence-electron chi connectivity index (χ4n) is 1.98. The summed E-state index contributed by atoms with van der Waals surface area (Å²) in [6, 6.07) is 5.41. The topological polar surface area (TPSA) is 46.2 Å². The van der Waals surface area contributed by atoms with E-state index in [4.69, 9.17) is 28.9 Å². The Morgan fingerprint density at radius 3 is 2.22 bits per heavy atom. The maximum absolute atomic E-state index is 10.4. The summed E-state index contributed by atoms with van der Waals surface area (Å²) in [7, 11) is 0. The monoisotopic (exact) mass is 289 g/mol. The molecule has 0 fully saturated rings. The Morgan fingerprint density at radius 1 is 1.17 bits per heavy atom. The van der Waals surface area contributed by atoms with E-state index in [2.05, 4.69) is 13.8 Å². The van der Waals surface area contributed by atoms with Crippen LogP contribution in [-0.2, 0) is 0 Å². The molecule has 0 heterocycles. The molecule has 0 spiro atoms. The van der Waals surface area contributed by atoms with Gasteiger partial charge in [-0.1, -0.05) is 50.0 Å². The summed E-state index contributed by atoms with van der Waals surface area (Å²) >= 11 is 11.9. The van der Waals surface area contributed by atoms with Gasteiger partial charge in [0.2, 0.25) is 0 Å². The van der Waals surface area contributed by atoms with Crippen LogP contribution >= 0.6 is 23.2 Å². The van der Waals surface area contributed by atoms with Gasteiger partial charge < -0.3 is 10.8 Å². The summed E-state index contributed by atoms with van der Waals surface area (Å²) < 4.78 is 0. The highest BCUT2D eigenvalue weighted by Gasteiger charge is 2.27. The van der Waals surface area contributed by atoms with Gasteiger partial charge in [0.25, 0.3) is 0 Å². The van der Waals surface area contributed by atoms with Crippen LogP contribution in [0.15, 0.2) is 18.2 Å². The van der Waals surface area contributed by atoms with Crippen molar-refractivity contribution in [2.24, 2.45) is 17.6 Å². The number of rotatable bonds is 5. The van der Waals surface area contributed by atoms with E-state index in [1.165, 1.54) is 0 Å². The third-order valence-corrected chi connectivity index (χ3v) is 4.37. The number of aliphatic hydroxyl groups is 1. The Bertz CT molecular complexity index is 395. The summed E-state index contributed by atoms with van der Waals surface area (Å²) in [4.78, 5) is 0. The van der Waals surface area contributed by atoms with Crippen molar-refractivity contribution in [2.75, 3.05) is 6.54 Å². The highest BCUT2D eigenvalue weighted by atomic mass is 35.5. The fourth-order valence-corrected chi connectivity index (χ4v) is 2.28. The van der Waals surface area contributed by atoms with Gasteiger partial charge in [-0.2, -0.15) is 0 Å². The van der Waals surface area contributed by atoms with E-state index in [-0.39, 0.29) is 11.8 Å². The zero-order valence-electron chi connectivity index (χ0n) is 11.0. The Balaban J connectivity index is 2.98. The van der Waals surface area contributed by atoms with Crippen molar-refractivity contribution in [3.8, 4) is 0 Å². The zero-order valence-corrected chi connectivity index (χ0v) is 12.5. The molecule has 0 aliphatic carbocycles. The smallest absolute Gasteiger partial charge is 0.0648 e. The molecule has 102 valence electrons. The highest BCUT2D eigenvalue weighted by Crippen LogP contribution is 2.31. The predicted molar refractivity (Wildman–Crippen MR) is 78.3 cm³/mol. The zero-order chi connectivity index (χ0) is 13.9. The van der Waals surface area contributed by atoms with Gasteiger partial charge in [0.15, 0.2) is 0 Å². The average Bonchev–Trinajstić information content (AvgIpc) is 2.33. The van der Waals surface area contributed by atoms with Crippen LogP contribution in [0.1, 0.15) is 32.3 Å². The maximum Gasteiger partial charge on any atom is 0.0648 e. The standard InChI is InChI=1S/C14H21Cl2NO/c1-8(2)9(3)14(18)11(7-17)10-4-5-12(15)13(16)6-10/h4-6,8-9,11,14,18H,7,17H2,1-3H3. The molecule has 0 radical (unpaired) electrons. The van der Waals surface area contributed by atoms with Crippen molar-refractivity contribution in [2.45, 2.75) is 32.8 Å². The van der Waals surface area contributed by atoms with Crippen LogP contribution in [0.3, 0.4) is 0 Å². The molecule has 0 bridgehead atoms. The van der Waals surface area contributed by atoms with E-state index in [9.17, 15) is 5.11 Å². The molecule has 0 aliphatic heterocycles. The van der Waals surface area contributed by atoms with E-state index in [0.717, 1.165) is 5.56 Å². The van der Waals surface area contributed by atoms with Gasteiger partial charge in [-0.25, -0.2) is 0 Å². The lowest BCUT2D eigenvalue weighted by molar-refractivity contribution is 0.0684. The molecule has 1 aromatic carbocycles. The van der Waals surface area contributed by atoms with Gasteiger partial charge >= 0.3 is 0 Å². The summed E-state index contributed by atoms with van der Waals surface area (Å²) in [5.41, 5.74) is 6.73. The van der Waals surface area contributed by atoms with Crippen molar-refractivity contribution in [3.63, 3.8) is 0 Å². The van der Waals surface area contributed by atoms with Crippen molar-refractivity contribution in [3.05, 3.63) is 33.8 Å². The van der Waals surface area contributed by atoms with Gasteiger partial charge in [-0.3, -0.25) is 0 Å². The minimum atomic E-state index is -0.479. The van der Waals surface area contributed by atoms with Crippen molar-refractivity contribution >= 4 is 23.2 Å². The number of benzene rings is 1. The number of aliphatic hydroxyl groups excluding tert-OH is 1. The van der Waals surface area contributed by atoms with Crippen LogP contribution in [0, 0.1) is 11.8 Å². The molecule has 0 amide bonds. The first-order valence-electron chi connectivity index (χ1n) is 6.21. The second kappa shape index (κ2) is 6.76. The molecule has 1 aromatic rings. The van der Waals surface area contributed by atoms with Crippen LogP contribution < -0.4 is 5.73 Å². The Hall–Kier alpha value is -0.280. The van der Waals surface area contributed by atoms with Crippen LogP contribution in [0.25, 0.3) is 0 Å². The van der Waals surface area contributed by atoms with Crippen molar-refractivity contribution in [1.82, 2.24) is 0 Å². The molecule has 2 nitrogen and oxygen atoms in total. The lowest BCUT2D eigenvalue weighted by Crippen LogP contribution is -2.33. The lowest BCUT2D eigenvalue weighted by atomic mass is 9.81. The number of nitrogens with two attached hydrogens (primary N) is 1. The minimum Gasteiger partial charge on any atom is -0.392 e. The second-order valence-electron chi connectivity index (χ2n) is 5.11. The Labute approximate surface area is 119 Å². The minimum absolute atomic E-state index is 0.114. The van der Waals surface area contributed by atoms with E-state index in [1.807, 2.05) is 13.0 Å². The molecule has 0 saturated heterocycles. The first kappa shape index (κ1) is 15.8. The summed E-state index contributed by atoms with van der Waals surface area (Å²) in [5.74, 6) is 0.460. The molecular formula is C14H21Cl2NO. The molecule has 18 heavy (non-hydrogen) atoms. The molecule has 0 aliphatic rings. The quantitative estimate of drug-likeness (QED) is 0.868. The van der Waals surface area contributed by atoms with Gasteiger partial charge in [-0.05, 0) is 29.5 Å². The summed E-state index contributed by atoms with van der Waals surface area (Å²) in [6.45, 7) is 6.61. The lowest BCUT2D eigenvalue weighted by Gasteiger charge is -2.29. The molecular weight excluding hydrogens is 269 g/mol. The summed E-state index contributed by atoms with van der Waals surface area (Å²) in [6.07, 6.45) is -0.479. The van der Waals surface area contributed by atoms with E-state index in [1.54, 1.807) is 12.1 Å². The molecule has 3 atom stereocenters. The van der Waals surface area contributed by atoms with Crippen molar-refractivity contribution < 1.29 is 5.11 Å². The van der Waals surface area contributed by atoms with Crippen molar-refractivity contribution in [1.29, 1.82) is 0 Å². The van der Waals surface area contributed by atoms with Gasteiger partial charge in [0.05, 0.1) is 16.1 Å². The number of hydrogen-bond acceptors (Lipinski definition) is 2. The molecule has 3 N–H and O–H groups in total. The number of halogens is 2. The molecule has 0 aromatic heterocycles. The third-order valence-electron chi connectivity index (χ3n) is 3.63. The first-order valence-corrected chi connectivity index (χ1v) is 6.97. The second-order valence-corrected chi connectivity index (χ2v) is 5.92. The first-order chi connectivity index (χ1) is 8.38. The summed E-state index contributed by atoms with van der Waals surface area (Å²) in [5, 5.41) is 11.4. The SMILES string of the molecule is CC(C)C(C)C(O)C(CN)c1ccc(Cl)c(Cl)c1.